The molecule has 150 valence electrons. The fraction of sp³-hybridized carbons (Fsp3) is 0.400. The Morgan fingerprint density at radius 2 is 1.86 bits per heavy atom. The number of alkyl halides is 3. The third-order valence-electron chi connectivity index (χ3n) is 5.41. The topological polar surface area (TPSA) is 58.7 Å². The Hall–Kier alpha value is -2.64. The Morgan fingerprint density at radius 3 is 2.39 bits per heavy atom. The molecule has 2 aliphatic rings. The minimum Gasteiger partial charge on any atom is -0.369 e. The summed E-state index contributed by atoms with van der Waals surface area (Å²) in [6, 6.07) is 5.28. The number of halogens is 4. The molecule has 1 aromatic carbocycles. The summed E-state index contributed by atoms with van der Waals surface area (Å²) in [5.41, 5.74) is 4.70. The molecule has 1 heterocycles. The van der Waals surface area contributed by atoms with Crippen LogP contribution in [0.5, 0.6) is 0 Å². The average Bonchev–Trinajstić information content (AvgIpc) is 2.59. The van der Waals surface area contributed by atoms with E-state index in [0.717, 1.165) is 24.0 Å². The number of allylic oxidation sites excluding steroid dienone is 3. The van der Waals surface area contributed by atoms with Gasteiger partial charge in [-0.2, -0.15) is 0 Å². The Kier molecular flexibility index (Phi) is 4.85. The maximum absolute atomic E-state index is 14.7. The van der Waals surface area contributed by atoms with Crippen molar-refractivity contribution in [2.75, 3.05) is 7.05 Å². The molecule has 0 radical (unpaired) electrons. The smallest absolute Gasteiger partial charge is 0.270 e. The van der Waals surface area contributed by atoms with Crippen molar-refractivity contribution in [1.29, 1.82) is 0 Å². The Balaban J connectivity index is 2.11. The summed E-state index contributed by atoms with van der Waals surface area (Å²) in [7, 11) is 1.44. The number of guanidine groups is 1. The molecule has 28 heavy (non-hydrogen) atoms. The largest absolute Gasteiger partial charge is 0.369 e. The molecule has 1 amide bonds. The molecule has 8 heteroatoms. The van der Waals surface area contributed by atoms with E-state index in [1.807, 2.05) is 0 Å². The Labute approximate surface area is 160 Å². The predicted octanol–water partition coefficient (Wildman–Crippen LogP) is 3.80. The van der Waals surface area contributed by atoms with Crippen LogP contribution in [0, 0.1) is 5.92 Å². The first kappa shape index (κ1) is 20.1. The van der Waals surface area contributed by atoms with Gasteiger partial charge in [0.05, 0.1) is 11.5 Å². The molecule has 0 bridgehead atoms. The number of amides is 1. The van der Waals surface area contributed by atoms with Gasteiger partial charge in [-0.25, -0.2) is 22.6 Å². The number of likely N-dealkylation sites (N-methyl/N-ethyl adjacent to an activating group) is 1. The predicted molar refractivity (Wildman–Crippen MR) is 98.3 cm³/mol. The van der Waals surface area contributed by atoms with Gasteiger partial charge in [0.1, 0.15) is 12.0 Å². The molecule has 2 unspecified atom stereocenters. The second-order valence-corrected chi connectivity index (χ2v) is 7.42. The van der Waals surface area contributed by atoms with E-state index in [1.165, 1.54) is 37.4 Å². The van der Waals surface area contributed by atoms with Gasteiger partial charge in [0.25, 0.3) is 5.92 Å². The van der Waals surface area contributed by atoms with Crippen LogP contribution in [0.2, 0.25) is 0 Å². The van der Waals surface area contributed by atoms with Crippen LogP contribution >= 0.6 is 0 Å². The molecular weight excluding hydrogens is 374 g/mol. The first-order valence-electron chi connectivity index (χ1n) is 8.76. The molecule has 1 aliphatic heterocycles. The second kappa shape index (κ2) is 6.76. The second-order valence-electron chi connectivity index (χ2n) is 7.42. The van der Waals surface area contributed by atoms with Crippen LogP contribution < -0.4 is 5.73 Å². The summed E-state index contributed by atoms with van der Waals surface area (Å²) in [4.78, 5) is 18.6. The van der Waals surface area contributed by atoms with Crippen LogP contribution in [0.15, 0.2) is 53.3 Å². The van der Waals surface area contributed by atoms with Crippen molar-refractivity contribution in [3.05, 3.63) is 59.4 Å². The first-order valence-corrected chi connectivity index (χ1v) is 8.76. The number of carbonyl (C=O) groups excluding carboxylic acids is 1. The molecule has 0 saturated carbocycles. The van der Waals surface area contributed by atoms with Crippen LogP contribution in [0.3, 0.4) is 0 Å². The van der Waals surface area contributed by atoms with Crippen molar-refractivity contribution in [2.24, 2.45) is 16.6 Å². The van der Waals surface area contributed by atoms with Crippen LogP contribution in [-0.2, 0) is 10.7 Å². The molecule has 0 spiro atoms. The van der Waals surface area contributed by atoms with Gasteiger partial charge >= 0.3 is 0 Å². The van der Waals surface area contributed by atoms with Gasteiger partial charge < -0.3 is 5.73 Å². The highest BCUT2D eigenvalue weighted by molar-refractivity contribution is 6.02. The average molecular weight is 395 g/mol. The number of nitrogens with zero attached hydrogens (tertiary/aromatic N) is 2. The zero-order valence-corrected chi connectivity index (χ0v) is 15.7. The summed E-state index contributed by atoms with van der Waals surface area (Å²) in [5.74, 6) is -6.21. The number of hydrogen-bond donors (Lipinski definition) is 1. The molecule has 0 saturated heterocycles. The quantitative estimate of drug-likeness (QED) is 0.792. The normalized spacial score (nSPS) is 30.9. The molecule has 0 fully saturated rings. The lowest BCUT2D eigenvalue weighted by atomic mass is 9.68. The van der Waals surface area contributed by atoms with Gasteiger partial charge in [0, 0.05) is 25.5 Å². The lowest BCUT2D eigenvalue weighted by molar-refractivity contribution is -0.131. The minimum absolute atomic E-state index is 0.0870. The highest BCUT2D eigenvalue weighted by Gasteiger charge is 2.52. The SMILES string of the molecule is CN1C(=O)[C@H](c2ccc(C(C)(F)F)cc2)[C@@](C)(C2C=CC(F)=CC2F)N=C1N. The van der Waals surface area contributed by atoms with E-state index >= 15 is 0 Å². The highest BCUT2D eigenvalue weighted by atomic mass is 19.3. The summed E-state index contributed by atoms with van der Waals surface area (Å²) in [5, 5.41) is 0. The van der Waals surface area contributed by atoms with Gasteiger partial charge in [0.2, 0.25) is 5.91 Å². The van der Waals surface area contributed by atoms with Crippen molar-refractivity contribution < 1.29 is 22.4 Å². The third-order valence-corrected chi connectivity index (χ3v) is 5.41. The lowest BCUT2D eigenvalue weighted by Gasteiger charge is -2.45. The number of rotatable bonds is 3. The zero-order valence-electron chi connectivity index (χ0n) is 15.7. The van der Waals surface area contributed by atoms with Gasteiger partial charge in [0.15, 0.2) is 5.96 Å². The minimum atomic E-state index is -3.03. The van der Waals surface area contributed by atoms with Crippen molar-refractivity contribution in [1.82, 2.24) is 4.90 Å². The monoisotopic (exact) mass is 395 g/mol. The fourth-order valence-electron chi connectivity index (χ4n) is 3.79. The summed E-state index contributed by atoms with van der Waals surface area (Å²) < 4.78 is 55.2. The summed E-state index contributed by atoms with van der Waals surface area (Å²) in [6.07, 6.45) is 1.56. The van der Waals surface area contributed by atoms with Gasteiger partial charge in [-0.3, -0.25) is 9.69 Å². The van der Waals surface area contributed by atoms with Crippen molar-refractivity contribution in [3.63, 3.8) is 0 Å². The molecular formula is C20H21F4N3O. The summed E-state index contributed by atoms with van der Waals surface area (Å²) in [6.45, 7) is 2.34. The number of nitrogens with two attached hydrogens (primary N) is 1. The molecule has 0 aromatic heterocycles. The number of aliphatic imine (C=N–C) groups is 1. The van der Waals surface area contributed by atoms with E-state index in [-0.39, 0.29) is 11.5 Å². The molecule has 4 nitrogen and oxygen atoms in total. The van der Waals surface area contributed by atoms with E-state index in [1.54, 1.807) is 6.92 Å². The van der Waals surface area contributed by atoms with Crippen molar-refractivity contribution in [3.8, 4) is 0 Å². The number of hydrogen-bond acceptors (Lipinski definition) is 3. The molecule has 3 rings (SSSR count). The van der Waals surface area contributed by atoms with E-state index in [4.69, 9.17) is 5.73 Å². The van der Waals surface area contributed by atoms with Gasteiger partial charge in [-0.15, -0.1) is 0 Å². The lowest BCUT2D eigenvalue weighted by Crippen LogP contribution is -2.57. The van der Waals surface area contributed by atoms with Gasteiger partial charge in [-0.05, 0) is 24.6 Å². The summed E-state index contributed by atoms with van der Waals surface area (Å²) >= 11 is 0. The third kappa shape index (κ3) is 3.31. The number of carbonyl (C=O) groups is 1. The zero-order chi connectivity index (χ0) is 20.9. The van der Waals surface area contributed by atoms with Crippen LogP contribution in [0.4, 0.5) is 17.6 Å². The Bertz CT molecular complexity index is 872. The molecule has 2 N–H and O–H groups in total. The van der Waals surface area contributed by atoms with Crippen LogP contribution in [0.1, 0.15) is 30.9 Å². The Morgan fingerprint density at radius 1 is 1.25 bits per heavy atom. The van der Waals surface area contributed by atoms with Crippen LogP contribution in [0.25, 0.3) is 0 Å². The van der Waals surface area contributed by atoms with E-state index in [0.29, 0.717) is 5.56 Å². The van der Waals surface area contributed by atoms with E-state index < -0.39 is 41.2 Å². The van der Waals surface area contributed by atoms with Crippen molar-refractivity contribution >= 4 is 11.9 Å². The number of benzene rings is 1. The van der Waals surface area contributed by atoms with Crippen LogP contribution in [-0.4, -0.2) is 35.5 Å². The molecule has 1 aromatic rings. The highest BCUT2D eigenvalue weighted by Crippen LogP contribution is 2.45. The maximum Gasteiger partial charge on any atom is 0.270 e. The molecule has 1 aliphatic carbocycles. The fourth-order valence-corrected chi connectivity index (χ4v) is 3.79. The standard InChI is InChI=1S/C20H21F4N3O/c1-19(14-9-8-13(21)10-15(14)22)16(17(28)27(3)18(25)26-19)11-4-6-12(7-5-11)20(2,23)24/h4-10,14-16H,1-3H3,(H2,25,26)/t14?,15?,16-,19+/m0/s1. The van der Waals surface area contributed by atoms with Gasteiger partial charge in [-0.1, -0.05) is 30.3 Å². The first-order chi connectivity index (χ1) is 12.9. The maximum atomic E-state index is 14.7. The molecule has 4 atom stereocenters. The van der Waals surface area contributed by atoms with E-state index in [9.17, 15) is 22.4 Å². The van der Waals surface area contributed by atoms with Crippen molar-refractivity contribution in [2.45, 2.75) is 37.4 Å². The van der Waals surface area contributed by atoms with E-state index in [2.05, 4.69) is 4.99 Å².